The fraction of sp³-hybridized carbons (Fsp3) is 0.211. The van der Waals surface area contributed by atoms with Gasteiger partial charge in [0, 0.05) is 23.9 Å². The van der Waals surface area contributed by atoms with E-state index >= 15 is 0 Å². The number of benzene rings is 2. The van der Waals surface area contributed by atoms with Crippen LogP contribution in [0.25, 0.3) is 0 Å². The molecule has 0 aliphatic carbocycles. The van der Waals surface area contributed by atoms with Crippen molar-refractivity contribution in [2.75, 3.05) is 11.9 Å². The van der Waals surface area contributed by atoms with Gasteiger partial charge in [-0.1, -0.05) is 23.2 Å². The first-order valence-electron chi connectivity index (χ1n) is 7.88. The van der Waals surface area contributed by atoms with Gasteiger partial charge in [0.1, 0.15) is 11.5 Å². The number of anilines is 1. The van der Waals surface area contributed by atoms with Gasteiger partial charge in [-0.05, 0) is 38.1 Å². The number of halogens is 1. The van der Waals surface area contributed by atoms with E-state index in [0.717, 1.165) is 5.56 Å². The van der Waals surface area contributed by atoms with Gasteiger partial charge in [0.2, 0.25) is 6.29 Å². The Balaban J connectivity index is 1.95. The highest BCUT2D eigenvalue weighted by molar-refractivity contribution is 6.30. The van der Waals surface area contributed by atoms with Gasteiger partial charge in [0.15, 0.2) is 5.78 Å². The Morgan fingerprint density at radius 1 is 1.32 bits per heavy atom. The molecule has 2 aromatic rings. The van der Waals surface area contributed by atoms with Crippen LogP contribution in [0.5, 0.6) is 11.5 Å². The second-order valence-electron chi connectivity index (χ2n) is 5.64. The van der Waals surface area contributed by atoms with Crippen molar-refractivity contribution in [3.8, 4) is 11.5 Å². The van der Waals surface area contributed by atoms with Gasteiger partial charge in [-0.15, -0.1) is 0 Å². The molecule has 0 bridgehead atoms. The average molecular weight is 360 g/mol. The highest BCUT2D eigenvalue weighted by Crippen LogP contribution is 2.33. The quantitative estimate of drug-likeness (QED) is 0.629. The molecule has 6 heteroatoms. The first-order valence-corrected chi connectivity index (χ1v) is 8.26. The lowest BCUT2D eigenvalue weighted by molar-refractivity contribution is -0.0509. The minimum Gasteiger partial charge on any atom is -0.506 e. The SMILES string of the molecule is CCO[C@@H]1Oc2ccc(C)cc2C(=O)/C1=C/Nc1ccc(Cl)cc1O. The summed E-state index contributed by atoms with van der Waals surface area (Å²) in [6.07, 6.45) is 0.686. The standard InChI is InChI=1S/C19H18ClNO4/c1-3-24-19-14(10-21-15-6-5-12(20)9-16(15)22)18(23)13-8-11(2)4-7-17(13)25-19/h4-10,19,21-22H,3H2,1-2H3/b14-10-/t19-/m1/s1. The highest BCUT2D eigenvalue weighted by Gasteiger charge is 2.32. The van der Waals surface area contributed by atoms with Crippen LogP contribution < -0.4 is 10.1 Å². The van der Waals surface area contributed by atoms with Crippen LogP contribution in [-0.2, 0) is 4.74 Å². The molecule has 130 valence electrons. The third-order valence-electron chi connectivity index (χ3n) is 3.79. The summed E-state index contributed by atoms with van der Waals surface area (Å²) in [5.74, 6) is 0.308. The lowest BCUT2D eigenvalue weighted by Gasteiger charge is -2.27. The summed E-state index contributed by atoms with van der Waals surface area (Å²) in [5, 5.41) is 13.3. The number of phenols is 1. The lowest BCUT2D eigenvalue weighted by atomic mass is 9.98. The fourth-order valence-electron chi connectivity index (χ4n) is 2.56. The van der Waals surface area contributed by atoms with Crippen LogP contribution in [0.1, 0.15) is 22.8 Å². The minimum absolute atomic E-state index is 0.0160. The number of carbonyl (C=O) groups excluding carboxylic acids is 1. The largest absolute Gasteiger partial charge is 0.506 e. The van der Waals surface area contributed by atoms with Crippen LogP contribution >= 0.6 is 11.6 Å². The van der Waals surface area contributed by atoms with Gasteiger partial charge in [-0.2, -0.15) is 0 Å². The maximum absolute atomic E-state index is 12.9. The number of fused-ring (bicyclic) bond motifs is 1. The van der Waals surface area contributed by atoms with Crippen LogP contribution in [0.3, 0.4) is 0 Å². The Morgan fingerprint density at radius 2 is 2.12 bits per heavy atom. The van der Waals surface area contributed by atoms with Crippen molar-refractivity contribution in [2.45, 2.75) is 20.1 Å². The fourth-order valence-corrected chi connectivity index (χ4v) is 2.72. The Labute approximate surface area is 150 Å². The average Bonchev–Trinajstić information content (AvgIpc) is 2.57. The van der Waals surface area contributed by atoms with E-state index in [9.17, 15) is 9.90 Å². The zero-order valence-electron chi connectivity index (χ0n) is 13.9. The number of hydrogen-bond acceptors (Lipinski definition) is 5. The van der Waals surface area contributed by atoms with Crippen molar-refractivity contribution in [1.29, 1.82) is 0 Å². The van der Waals surface area contributed by atoms with E-state index < -0.39 is 6.29 Å². The lowest BCUT2D eigenvalue weighted by Crippen LogP contribution is -2.33. The van der Waals surface area contributed by atoms with Crippen molar-refractivity contribution in [1.82, 2.24) is 0 Å². The van der Waals surface area contributed by atoms with Crippen molar-refractivity contribution in [2.24, 2.45) is 0 Å². The monoisotopic (exact) mass is 359 g/mol. The summed E-state index contributed by atoms with van der Waals surface area (Å²) in [6, 6.07) is 10.1. The summed E-state index contributed by atoms with van der Waals surface area (Å²) < 4.78 is 11.4. The molecule has 1 heterocycles. The molecule has 0 spiro atoms. The smallest absolute Gasteiger partial charge is 0.232 e. The van der Waals surface area contributed by atoms with E-state index in [2.05, 4.69) is 5.32 Å². The third-order valence-corrected chi connectivity index (χ3v) is 4.03. The molecule has 2 aromatic carbocycles. The zero-order valence-corrected chi connectivity index (χ0v) is 14.6. The predicted molar refractivity (Wildman–Crippen MR) is 96.4 cm³/mol. The van der Waals surface area contributed by atoms with E-state index in [1.807, 2.05) is 19.9 Å². The van der Waals surface area contributed by atoms with Gasteiger partial charge < -0.3 is 19.9 Å². The summed E-state index contributed by atoms with van der Waals surface area (Å²) in [4.78, 5) is 12.9. The number of hydrogen-bond donors (Lipinski definition) is 2. The second-order valence-corrected chi connectivity index (χ2v) is 6.08. The van der Waals surface area contributed by atoms with E-state index in [1.165, 1.54) is 12.3 Å². The molecule has 0 saturated heterocycles. The topological polar surface area (TPSA) is 67.8 Å². The van der Waals surface area contributed by atoms with E-state index in [0.29, 0.717) is 34.2 Å². The predicted octanol–water partition coefficient (Wildman–Crippen LogP) is 4.29. The van der Waals surface area contributed by atoms with E-state index in [4.69, 9.17) is 21.1 Å². The maximum atomic E-state index is 12.9. The molecular weight excluding hydrogens is 342 g/mol. The van der Waals surface area contributed by atoms with Gasteiger partial charge in [0.25, 0.3) is 0 Å². The summed E-state index contributed by atoms with van der Waals surface area (Å²) >= 11 is 5.83. The Hall–Kier alpha value is -2.50. The Bertz CT molecular complexity index is 847. The number of Topliss-reactive ketones (excluding diaryl/α,β-unsaturated/α-hetero) is 1. The Kier molecular flexibility index (Phi) is 4.97. The molecule has 0 aromatic heterocycles. The number of ketones is 1. The van der Waals surface area contributed by atoms with Crippen molar-refractivity contribution < 1.29 is 19.4 Å². The highest BCUT2D eigenvalue weighted by atomic mass is 35.5. The summed E-state index contributed by atoms with van der Waals surface area (Å²) in [5.41, 5.74) is 2.21. The van der Waals surface area contributed by atoms with Crippen molar-refractivity contribution >= 4 is 23.1 Å². The second kappa shape index (κ2) is 7.17. The number of aryl methyl sites for hydroxylation is 1. The molecule has 0 unspecified atom stereocenters. The molecule has 1 aliphatic rings. The van der Waals surface area contributed by atoms with Crippen LogP contribution in [0, 0.1) is 6.92 Å². The van der Waals surface area contributed by atoms with Gasteiger partial charge >= 0.3 is 0 Å². The molecular formula is C19H18ClNO4. The van der Waals surface area contributed by atoms with Gasteiger partial charge in [-0.25, -0.2) is 0 Å². The van der Waals surface area contributed by atoms with Crippen LogP contribution in [0.4, 0.5) is 5.69 Å². The number of aromatic hydroxyl groups is 1. The number of rotatable bonds is 4. The van der Waals surface area contributed by atoms with Gasteiger partial charge in [0.05, 0.1) is 16.8 Å². The molecule has 25 heavy (non-hydrogen) atoms. The summed E-state index contributed by atoms with van der Waals surface area (Å²) in [6.45, 7) is 4.13. The minimum atomic E-state index is -0.811. The molecule has 5 nitrogen and oxygen atoms in total. The number of nitrogens with one attached hydrogen (secondary N) is 1. The number of ether oxygens (including phenoxy) is 2. The van der Waals surface area contributed by atoms with Crippen LogP contribution in [0.15, 0.2) is 48.2 Å². The maximum Gasteiger partial charge on any atom is 0.232 e. The first kappa shape index (κ1) is 17.3. The molecule has 3 rings (SSSR count). The normalized spacial score (nSPS) is 18.0. The molecule has 0 amide bonds. The zero-order chi connectivity index (χ0) is 18.0. The Morgan fingerprint density at radius 3 is 2.84 bits per heavy atom. The van der Waals surface area contributed by atoms with Crippen molar-refractivity contribution in [3.63, 3.8) is 0 Å². The first-order chi connectivity index (χ1) is 12.0. The van der Waals surface area contributed by atoms with Gasteiger partial charge in [-0.3, -0.25) is 4.79 Å². The van der Waals surface area contributed by atoms with Crippen LogP contribution in [-0.4, -0.2) is 23.8 Å². The van der Waals surface area contributed by atoms with Crippen molar-refractivity contribution in [3.05, 3.63) is 64.3 Å². The van der Waals surface area contributed by atoms with E-state index in [-0.39, 0.29) is 11.5 Å². The molecule has 0 fully saturated rings. The molecule has 0 saturated carbocycles. The molecule has 0 radical (unpaired) electrons. The molecule has 2 N–H and O–H groups in total. The number of phenolic OH excluding ortho intramolecular Hbond substituents is 1. The molecule has 1 atom stereocenters. The number of carbonyl (C=O) groups is 1. The van der Waals surface area contributed by atoms with E-state index in [1.54, 1.807) is 24.3 Å². The third kappa shape index (κ3) is 3.62. The van der Waals surface area contributed by atoms with Crippen LogP contribution in [0.2, 0.25) is 5.02 Å². The summed E-state index contributed by atoms with van der Waals surface area (Å²) in [7, 11) is 0. The molecule has 1 aliphatic heterocycles.